The molecule has 2 saturated heterocycles. The molecule has 1 atom stereocenters. The number of nitrogens with one attached hydrogen (secondary N) is 1. The second kappa shape index (κ2) is 8.35. The number of likely N-dealkylation sites (tertiary alicyclic amines) is 2. The van der Waals surface area contributed by atoms with Crippen molar-refractivity contribution >= 4 is 33.2 Å². The Hall–Kier alpha value is -2.07. The summed E-state index contributed by atoms with van der Waals surface area (Å²) in [6, 6.07) is 12.2. The predicted octanol–water partition coefficient (Wildman–Crippen LogP) is 1.82. The summed E-state index contributed by atoms with van der Waals surface area (Å²) in [5, 5.41) is 1.74. The number of hydrogen-bond acceptors (Lipinski definition) is 6. The van der Waals surface area contributed by atoms with Crippen LogP contribution in [0.2, 0.25) is 0 Å². The third-order valence-electron chi connectivity index (χ3n) is 5.46. The number of benzene rings is 1. The number of piperidine rings is 1. The molecule has 2 fully saturated rings. The number of carbonyl (C=O) groups excluding carboxylic acids is 2. The molecule has 2 aliphatic heterocycles. The van der Waals surface area contributed by atoms with E-state index in [1.165, 1.54) is 16.2 Å². The maximum absolute atomic E-state index is 12.8. The van der Waals surface area contributed by atoms with Gasteiger partial charge in [-0.25, -0.2) is 13.1 Å². The highest BCUT2D eigenvalue weighted by atomic mass is 32.2. The zero-order valence-electron chi connectivity index (χ0n) is 15.9. The highest BCUT2D eigenvalue weighted by Crippen LogP contribution is 2.25. The van der Waals surface area contributed by atoms with E-state index >= 15 is 0 Å². The average Bonchev–Trinajstić information content (AvgIpc) is 3.35. The molecule has 2 amide bonds. The number of rotatable bonds is 6. The van der Waals surface area contributed by atoms with Crippen LogP contribution in [0.1, 0.15) is 24.8 Å². The summed E-state index contributed by atoms with van der Waals surface area (Å²) in [5.41, 5.74) is 0.927. The van der Waals surface area contributed by atoms with E-state index in [9.17, 15) is 18.0 Å². The third kappa shape index (κ3) is 4.42. The Labute approximate surface area is 174 Å². The molecule has 0 radical (unpaired) electrons. The molecule has 7 nitrogen and oxygen atoms in total. The highest BCUT2D eigenvalue weighted by molar-refractivity contribution is 7.91. The second-order valence-corrected chi connectivity index (χ2v) is 10.3. The van der Waals surface area contributed by atoms with E-state index < -0.39 is 16.1 Å². The lowest BCUT2D eigenvalue weighted by molar-refractivity contribution is -0.140. The van der Waals surface area contributed by atoms with Gasteiger partial charge in [0.2, 0.25) is 21.8 Å². The van der Waals surface area contributed by atoms with Crippen LogP contribution in [0.25, 0.3) is 0 Å². The summed E-state index contributed by atoms with van der Waals surface area (Å²) in [6.45, 7) is 1.47. The Morgan fingerprint density at radius 3 is 2.41 bits per heavy atom. The summed E-state index contributed by atoms with van der Waals surface area (Å²) in [5.74, 6) is -0.305. The van der Waals surface area contributed by atoms with Gasteiger partial charge in [-0.1, -0.05) is 36.4 Å². The van der Waals surface area contributed by atoms with Gasteiger partial charge in [-0.05, 0) is 29.9 Å². The van der Waals surface area contributed by atoms with Gasteiger partial charge >= 0.3 is 0 Å². The van der Waals surface area contributed by atoms with Gasteiger partial charge in [-0.2, -0.15) is 0 Å². The van der Waals surface area contributed by atoms with Crippen LogP contribution in [0.5, 0.6) is 0 Å². The van der Waals surface area contributed by atoms with E-state index in [0.29, 0.717) is 36.7 Å². The summed E-state index contributed by atoms with van der Waals surface area (Å²) < 4.78 is 27.9. The lowest BCUT2D eigenvalue weighted by atomic mass is 10.0. The first-order chi connectivity index (χ1) is 13.9. The first-order valence-electron chi connectivity index (χ1n) is 9.62. The molecule has 154 valence electrons. The summed E-state index contributed by atoms with van der Waals surface area (Å²) >= 11 is 1.19. The zero-order valence-corrected chi connectivity index (χ0v) is 17.5. The molecule has 29 heavy (non-hydrogen) atoms. The van der Waals surface area contributed by atoms with E-state index in [0.717, 1.165) is 5.56 Å². The van der Waals surface area contributed by atoms with Gasteiger partial charge in [0, 0.05) is 19.1 Å². The van der Waals surface area contributed by atoms with E-state index in [1.54, 1.807) is 17.5 Å². The minimum absolute atomic E-state index is 0.149. The van der Waals surface area contributed by atoms with Crippen LogP contribution in [-0.2, 0) is 26.2 Å². The smallest absolute Gasteiger partial charge is 0.250 e. The second-order valence-electron chi connectivity index (χ2n) is 7.39. The molecule has 1 aromatic heterocycles. The third-order valence-corrected chi connectivity index (χ3v) is 8.37. The number of carbonyl (C=O) groups is 2. The fourth-order valence-corrected chi connectivity index (χ4v) is 6.22. The lowest BCUT2D eigenvalue weighted by Crippen LogP contribution is -2.50. The monoisotopic (exact) mass is 433 g/mol. The van der Waals surface area contributed by atoms with E-state index in [1.807, 2.05) is 35.2 Å². The highest BCUT2D eigenvalue weighted by Gasteiger charge is 2.42. The van der Waals surface area contributed by atoms with Crippen molar-refractivity contribution in [2.24, 2.45) is 0 Å². The van der Waals surface area contributed by atoms with Crippen molar-refractivity contribution in [3.05, 3.63) is 53.4 Å². The molecular formula is C20H23N3O4S2. The van der Waals surface area contributed by atoms with Gasteiger partial charge in [0.1, 0.15) is 4.21 Å². The molecule has 1 N–H and O–H groups in total. The molecule has 0 aliphatic carbocycles. The maximum atomic E-state index is 12.8. The van der Waals surface area contributed by atoms with Crippen LogP contribution >= 0.6 is 11.3 Å². The fourth-order valence-electron chi connectivity index (χ4n) is 3.91. The molecule has 3 heterocycles. The molecule has 2 aliphatic rings. The topological polar surface area (TPSA) is 86.8 Å². The van der Waals surface area contributed by atoms with Gasteiger partial charge < -0.3 is 0 Å². The van der Waals surface area contributed by atoms with Gasteiger partial charge in [-0.3, -0.25) is 19.4 Å². The van der Waals surface area contributed by atoms with Crippen LogP contribution in [0.4, 0.5) is 0 Å². The normalized spacial score (nSPS) is 21.8. The minimum Gasteiger partial charge on any atom is -0.291 e. The first kappa shape index (κ1) is 20.2. The quantitative estimate of drug-likeness (QED) is 0.703. The van der Waals surface area contributed by atoms with Gasteiger partial charge in [0.05, 0.1) is 19.0 Å². The molecule has 0 unspecified atom stereocenters. The van der Waals surface area contributed by atoms with Crippen LogP contribution < -0.4 is 4.72 Å². The van der Waals surface area contributed by atoms with Gasteiger partial charge in [0.15, 0.2) is 0 Å². The first-order valence-corrected chi connectivity index (χ1v) is 12.0. The fraction of sp³-hybridized carbons (Fsp3) is 0.400. The summed E-state index contributed by atoms with van der Waals surface area (Å²) in [7, 11) is -3.50. The van der Waals surface area contributed by atoms with E-state index in [4.69, 9.17) is 0 Å². The van der Waals surface area contributed by atoms with Crippen LogP contribution in [0.15, 0.2) is 52.1 Å². The van der Waals surface area contributed by atoms with Crippen LogP contribution in [0.3, 0.4) is 0 Å². The molecule has 2 aromatic rings. The van der Waals surface area contributed by atoms with Crippen LogP contribution in [0, 0.1) is 0 Å². The zero-order chi connectivity index (χ0) is 20.4. The molecular weight excluding hydrogens is 410 g/mol. The molecule has 9 heteroatoms. The number of nitrogens with zero attached hydrogens (tertiary/aromatic N) is 2. The lowest BCUT2D eigenvalue weighted by Gasteiger charge is -2.34. The van der Waals surface area contributed by atoms with Crippen molar-refractivity contribution in [3.63, 3.8) is 0 Å². The molecule has 0 spiro atoms. The maximum Gasteiger partial charge on any atom is 0.250 e. The largest absolute Gasteiger partial charge is 0.291 e. The Morgan fingerprint density at radius 1 is 1.03 bits per heavy atom. The van der Waals surface area contributed by atoms with E-state index in [2.05, 4.69) is 4.72 Å². The number of amides is 2. The van der Waals surface area contributed by atoms with Crippen molar-refractivity contribution < 1.29 is 18.0 Å². The van der Waals surface area contributed by atoms with Crippen molar-refractivity contribution in [1.82, 2.24) is 14.5 Å². The molecule has 4 rings (SSSR count). The standard InChI is InChI=1S/C20H23N3O4S2/c24-18-13-17(20(25)23(18)14-15-5-2-1-3-6-15)22-10-8-16(9-11-22)21-29(26,27)19-7-4-12-28-19/h1-7,12,16-17,21H,8-11,13-14H2/t17-/m0/s1. The number of hydrogen-bond donors (Lipinski definition) is 1. The Kier molecular flexibility index (Phi) is 5.82. The molecule has 0 saturated carbocycles. The number of sulfonamides is 1. The molecule has 0 bridgehead atoms. The van der Waals surface area contributed by atoms with Crippen LogP contribution in [-0.4, -0.2) is 55.2 Å². The van der Waals surface area contributed by atoms with Crippen molar-refractivity contribution in [2.45, 2.75) is 42.1 Å². The van der Waals surface area contributed by atoms with Crippen molar-refractivity contribution in [2.75, 3.05) is 13.1 Å². The minimum atomic E-state index is -3.50. The van der Waals surface area contributed by atoms with Gasteiger partial charge in [-0.15, -0.1) is 11.3 Å². The van der Waals surface area contributed by atoms with Crippen molar-refractivity contribution in [1.29, 1.82) is 0 Å². The predicted molar refractivity (Wildman–Crippen MR) is 110 cm³/mol. The summed E-state index contributed by atoms with van der Waals surface area (Å²) in [4.78, 5) is 28.6. The van der Waals surface area contributed by atoms with E-state index in [-0.39, 0.29) is 24.3 Å². The average molecular weight is 434 g/mol. The van der Waals surface area contributed by atoms with Crippen molar-refractivity contribution in [3.8, 4) is 0 Å². The number of imide groups is 1. The Morgan fingerprint density at radius 2 is 1.76 bits per heavy atom. The Balaban J connectivity index is 1.34. The summed E-state index contributed by atoms with van der Waals surface area (Å²) in [6.07, 6.45) is 1.42. The number of thiophene rings is 1. The Bertz CT molecular complexity index is 968. The molecule has 1 aromatic carbocycles. The SMILES string of the molecule is O=C1C[C@H](N2CCC(NS(=O)(=O)c3cccs3)CC2)C(=O)N1Cc1ccccc1. The van der Waals surface area contributed by atoms with Gasteiger partial charge in [0.25, 0.3) is 0 Å².